The van der Waals surface area contributed by atoms with Gasteiger partial charge >= 0.3 is 24.1 Å². The summed E-state index contributed by atoms with van der Waals surface area (Å²) in [7, 11) is 2.55. The van der Waals surface area contributed by atoms with E-state index in [0.29, 0.717) is 5.56 Å². The van der Waals surface area contributed by atoms with E-state index in [2.05, 4.69) is 58.7 Å². The summed E-state index contributed by atoms with van der Waals surface area (Å²) in [4.78, 5) is 60.1. The molecule has 6 aromatic rings. The fourth-order valence-corrected chi connectivity index (χ4v) is 9.52. The molecule has 0 aliphatic carbocycles. The predicted octanol–water partition coefficient (Wildman–Crippen LogP) is 15.3. The van der Waals surface area contributed by atoms with Gasteiger partial charge in [0.05, 0.1) is 37.2 Å². The number of esters is 2. The molecule has 1 unspecified atom stereocenters. The highest BCUT2D eigenvalue weighted by Gasteiger charge is 2.26. The Balaban J connectivity index is 0.000000287. The first-order chi connectivity index (χ1) is 37.4. The Kier molecular flexibility index (Phi) is 24.9. The molecular formula is C62H78N4O10S2. The fourth-order valence-electron chi connectivity index (χ4n) is 7.67. The van der Waals surface area contributed by atoms with Crippen molar-refractivity contribution < 1.29 is 47.6 Å². The second-order valence-electron chi connectivity index (χ2n) is 20.6. The zero-order valence-electron chi connectivity index (χ0n) is 47.0. The predicted molar refractivity (Wildman–Crippen MR) is 313 cm³/mol. The van der Waals surface area contributed by atoms with E-state index in [1.54, 1.807) is 70.3 Å². The van der Waals surface area contributed by atoms with Crippen LogP contribution in [0.3, 0.4) is 0 Å². The molecule has 78 heavy (non-hydrogen) atoms. The maximum atomic E-state index is 12.3. The average Bonchev–Trinajstić information content (AvgIpc) is 4.16. The van der Waals surface area contributed by atoms with Crippen LogP contribution in [0.15, 0.2) is 115 Å². The van der Waals surface area contributed by atoms with E-state index >= 15 is 0 Å². The Hall–Kier alpha value is -7.04. The zero-order valence-corrected chi connectivity index (χ0v) is 48.7. The fraction of sp³-hybridized carbons (Fsp3) is 0.419. The molecule has 0 spiro atoms. The number of aromatic nitrogens is 2. The second kappa shape index (κ2) is 31.4. The number of hydrogen-bond acceptors (Lipinski definition) is 14. The van der Waals surface area contributed by atoms with Crippen LogP contribution in [0.5, 0.6) is 11.5 Å². The first-order valence-corrected chi connectivity index (χ1v) is 28.4. The van der Waals surface area contributed by atoms with Gasteiger partial charge in [0.25, 0.3) is 0 Å². The maximum absolute atomic E-state index is 12.3. The summed E-state index contributed by atoms with van der Waals surface area (Å²) in [6.45, 7) is 16.5. The van der Waals surface area contributed by atoms with E-state index in [4.69, 9.17) is 28.4 Å². The third kappa shape index (κ3) is 21.8. The largest absolute Gasteiger partial charge is 0.494 e. The molecule has 14 nitrogen and oxygen atoms in total. The summed E-state index contributed by atoms with van der Waals surface area (Å²) in [6.07, 6.45) is 16.4. The lowest BCUT2D eigenvalue weighted by atomic mass is 10.0. The van der Waals surface area contributed by atoms with Crippen molar-refractivity contribution in [3.63, 3.8) is 0 Å². The summed E-state index contributed by atoms with van der Waals surface area (Å²) in [6, 6.07) is 30.8. The van der Waals surface area contributed by atoms with Crippen molar-refractivity contribution in [1.82, 2.24) is 20.6 Å². The van der Waals surface area contributed by atoms with Crippen molar-refractivity contribution in [3.05, 3.63) is 126 Å². The lowest BCUT2D eigenvalue weighted by Gasteiger charge is -2.22. The topological polar surface area (TPSA) is 174 Å². The van der Waals surface area contributed by atoms with Gasteiger partial charge in [-0.15, -0.1) is 22.7 Å². The number of alkyl carbamates (subject to hydrolysis) is 2. The van der Waals surface area contributed by atoms with Crippen molar-refractivity contribution in [1.29, 1.82) is 0 Å². The smallest absolute Gasteiger partial charge is 0.412 e. The molecule has 2 amide bonds. The van der Waals surface area contributed by atoms with Gasteiger partial charge in [0.1, 0.15) is 44.5 Å². The number of benzene rings is 4. The third-order valence-corrected chi connectivity index (χ3v) is 13.8. The Morgan fingerprint density at radius 3 is 1.42 bits per heavy atom. The number of nitrogens with one attached hydrogen (secondary N) is 2. The van der Waals surface area contributed by atoms with Gasteiger partial charge in [-0.25, -0.2) is 29.1 Å². The Morgan fingerprint density at radius 1 is 0.551 bits per heavy atom. The molecule has 0 aliphatic heterocycles. The number of methoxy groups -OCH3 is 2. The van der Waals surface area contributed by atoms with Crippen LogP contribution in [-0.2, 0) is 35.0 Å². The lowest BCUT2D eigenvalue weighted by molar-refractivity contribution is -0.143. The van der Waals surface area contributed by atoms with Crippen molar-refractivity contribution in [2.24, 2.45) is 0 Å². The Labute approximate surface area is 469 Å². The highest BCUT2D eigenvalue weighted by molar-refractivity contribution is 7.18. The van der Waals surface area contributed by atoms with Gasteiger partial charge in [0, 0.05) is 29.9 Å². The number of amides is 2. The molecule has 1 atom stereocenters. The van der Waals surface area contributed by atoms with E-state index in [1.165, 1.54) is 65.6 Å². The summed E-state index contributed by atoms with van der Waals surface area (Å²) in [5.41, 5.74) is 4.34. The number of hydrogen-bond donors (Lipinski definition) is 2. The molecule has 418 valence electrons. The van der Waals surface area contributed by atoms with E-state index in [-0.39, 0.29) is 12.1 Å². The summed E-state index contributed by atoms with van der Waals surface area (Å²) in [5, 5.41) is 6.87. The van der Waals surface area contributed by atoms with Gasteiger partial charge in [-0.3, -0.25) is 5.32 Å². The highest BCUT2D eigenvalue weighted by atomic mass is 32.1. The average molecular weight is 1100 g/mol. The van der Waals surface area contributed by atoms with Crippen LogP contribution >= 0.6 is 22.7 Å². The van der Waals surface area contributed by atoms with Crippen LogP contribution in [0.1, 0.15) is 131 Å². The number of nitrogens with zero attached hydrogens (tertiary/aromatic N) is 2. The number of carbonyl (C=O) groups excluding carboxylic acids is 4. The quantitative estimate of drug-likeness (QED) is 0.0241. The first kappa shape index (κ1) is 61.8. The van der Waals surface area contributed by atoms with E-state index < -0.39 is 41.4 Å². The third-order valence-electron chi connectivity index (χ3n) is 11.6. The second-order valence-corrected chi connectivity index (χ2v) is 22.6. The molecule has 0 fully saturated rings. The van der Waals surface area contributed by atoms with Crippen molar-refractivity contribution in [3.8, 4) is 53.5 Å². The highest BCUT2D eigenvalue weighted by Crippen LogP contribution is 2.35. The van der Waals surface area contributed by atoms with Gasteiger partial charge in [-0.2, -0.15) is 0 Å². The lowest BCUT2D eigenvalue weighted by Crippen LogP contribution is -2.45. The van der Waals surface area contributed by atoms with Gasteiger partial charge < -0.3 is 33.7 Å². The minimum atomic E-state index is -0.852. The molecule has 2 N–H and O–H groups in total. The molecule has 4 aromatic carbocycles. The van der Waals surface area contributed by atoms with Gasteiger partial charge in [0.2, 0.25) is 0 Å². The number of unbranched alkanes of at least 4 members (excludes halogenated alkanes) is 8. The number of carbonyl (C=O) groups is 4. The molecule has 0 bridgehead atoms. The van der Waals surface area contributed by atoms with Gasteiger partial charge in [0.15, 0.2) is 0 Å². The number of ether oxygens (including phenoxy) is 6. The normalized spacial score (nSPS) is 11.8. The molecule has 6 rings (SSSR count). The standard InChI is InChI=1S/C31H40N2O5S.C31H38N2O5S/c2*1-6-7-8-9-10-19-37-25-17-15-23(16-18-25)27-21-32-28(39-27)24-13-11-22(12-14-24)20-26(29(34)36-5)33-30(35)38-31(2,3)4/h11-18,21,26H,6-10,19-20H2,1-5H3,(H,33,35);11-18,20-21H,6-10,19H2,1-5H3,(H,33,35)/b;26-20-. The molecule has 0 saturated carbocycles. The molecule has 0 aliphatic rings. The summed E-state index contributed by atoms with van der Waals surface area (Å²) in [5.74, 6) is 0.576. The van der Waals surface area contributed by atoms with E-state index in [1.807, 2.05) is 85.2 Å². The minimum absolute atomic E-state index is 0.0139. The van der Waals surface area contributed by atoms with Crippen LogP contribution in [0.4, 0.5) is 9.59 Å². The van der Waals surface area contributed by atoms with Crippen LogP contribution in [0.25, 0.3) is 48.1 Å². The van der Waals surface area contributed by atoms with E-state index in [0.717, 1.165) is 85.1 Å². The van der Waals surface area contributed by atoms with Crippen molar-refractivity contribution >= 4 is 52.9 Å². The van der Waals surface area contributed by atoms with E-state index in [9.17, 15) is 19.2 Å². The van der Waals surface area contributed by atoms with Gasteiger partial charge in [-0.05, 0) is 131 Å². The number of thiazole rings is 2. The van der Waals surface area contributed by atoms with Crippen molar-refractivity contribution in [2.75, 3.05) is 27.4 Å². The summed E-state index contributed by atoms with van der Waals surface area (Å²) >= 11 is 3.22. The van der Waals surface area contributed by atoms with Crippen LogP contribution < -0.4 is 20.1 Å². The molecule has 0 radical (unpaired) electrons. The molecule has 2 heterocycles. The van der Waals surface area contributed by atoms with Crippen LogP contribution in [0.2, 0.25) is 0 Å². The Bertz CT molecular complexity index is 2810. The van der Waals surface area contributed by atoms with Crippen molar-refractivity contribution in [2.45, 2.75) is 143 Å². The molecule has 2 aromatic heterocycles. The SMILES string of the molecule is CCCCCCCOc1ccc(-c2cnc(-c3ccc(/C=C(\NC(=O)OC(C)(C)C)C(=O)OC)cc3)s2)cc1.CCCCCCCOc1ccc(-c2cnc(-c3ccc(CC(NC(=O)OC(C)(C)C)C(=O)OC)cc3)s2)cc1. The Morgan fingerprint density at radius 2 is 0.987 bits per heavy atom. The molecular weight excluding hydrogens is 1020 g/mol. The minimum Gasteiger partial charge on any atom is -0.494 e. The number of rotatable bonds is 25. The van der Waals surface area contributed by atoms with Gasteiger partial charge in [-0.1, -0.05) is 114 Å². The summed E-state index contributed by atoms with van der Waals surface area (Å²) < 4.78 is 32.0. The van der Waals surface area contributed by atoms with Crippen LogP contribution in [0, 0.1) is 0 Å². The van der Waals surface area contributed by atoms with Crippen LogP contribution in [-0.4, -0.2) is 78.8 Å². The molecule has 0 saturated heterocycles. The monoisotopic (exact) mass is 1100 g/mol. The maximum Gasteiger partial charge on any atom is 0.412 e. The zero-order chi connectivity index (χ0) is 56.5. The first-order valence-electron chi connectivity index (χ1n) is 26.8. The molecule has 16 heteroatoms.